The molecule has 114 valence electrons. The Morgan fingerprint density at radius 1 is 1.30 bits per heavy atom. The number of hydrogen-bond acceptors (Lipinski definition) is 3. The quantitative estimate of drug-likeness (QED) is 0.822. The van der Waals surface area contributed by atoms with Gasteiger partial charge in [-0.2, -0.15) is 0 Å². The van der Waals surface area contributed by atoms with E-state index in [1.54, 1.807) is 4.90 Å². The van der Waals surface area contributed by atoms with Gasteiger partial charge in [-0.25, -0.2) is 4.79 Å². The molecule has 1 saturated carbocycles. The Labute approximate surface area is 119 Å². The molecule has 1 heterocycles. The summed E-state index contributed by atoms with van der Waals surface area (Å²) >= 11 is 0. The van der Waals surface area contributed by atoms with Gasteiger partial charge < -0.3 is 20.1 Å². The number of amides is 2. The Morgan fingerprint density at radius 2 is 1.95 bits per heavy atom. The Hall–Kier alpha value is -1.30. The number of ether oxygens (including phenoxy) is 1. The van der Waals surface area contributed by atoms with Gasteiger partial charge in [-0.1, -0.05) is 12.8 Å². The van der Waals surface area contributed by atoms with E-state index in [2.05, 4.69) is 5.32 Å². The molecule has 0 atom stereocenters. The number of carboxylic acid groups (broad SMARTS) is 1. The minimum absolute atomic E-state index is 0.189. The normalized spacial score (nSPS) is 24.4. The second kappa shape index (κ2) is 5.60. The Balaban J connectivity index is 1.96. The van der Waals surface area contributed by atoms with E-state index in [1.165, 1.54) is 0 Å². The van der Waals surface area contributed by atoms with Crippen LogP contribution in [0.2, 0.25) is 0 Å². The van der Waals surface area contributed by atoms with Crippen molar-refractivity contribution in [1.82, 2.24) is 10.2 Å². The van der Waals surface area contributed by atoms with Gasteiger partial charge in [-0.05, 0) is 26.7 Å². The van der Waals surface area contributed by atoms with Gasteiger partial charge in [0, 0.05) is 13.1 Å². The Morgan fingerprint density at radius 3 is 2.50 bits per heavy atom. The lowest BCUT2D eigenvalue weighted by atomic mass is 9.86. The van der Waals surface area contributed by atoms with E-state index in [1.807, 2.05) is 13.8 Å². The highest BCUT2D eigenvalue weighted by Gasteiger charge is 2.42. The summed E-state index contributed by atoms with van der Waals surface area (Å²) in [6.07, 6.45) is 3.14. The molecule has 1 saturated heterocycles. The largest absolute Gasteiger partial charge is 0.481 e. The lowest BCUT2D eigenvalue weighted by Gasteiger charge is -2.42. The van der Waals surface area contributed by atoms with Crippen LogP contribution in [-0.4, -0.2) is 53.8 Å². The zero-order valence-corrected chi connectivity index (χ0v) is 12.3. The minimum atomic E-state index is -0.795. The molecule has 2 fully saturated rings. The number of nitrogens with one attached hydrogen (secondary N) is 1. The van der Waals surface area contributed by atoms with Crippen LogP contribution < -0.4 is 5.32 Å². The number of rotatable bonds is 3. The van der Waals surface area contributed by atoms with Crippen molar-refractivity contribution in [2.45, 2.75) is 45.1 Å². The molecule has 0 radical (unpaired) electrons. The molecular weight excluding hydrogens is 260 g/mol. The lowest BCUT2D eigenvalue weighted by molar-refractivity contribution is -0.148. The first-order chi connectivity index (χ1) is 9.37. The third-order valence-electron chi connectivity index (χ3n) is 4.48. The van der Waals surface area contributed by atoms with Crippen molar-refractivity contribution in [3.63, 3.8) is 0 Å². The van der Waals surface area contributed by atoms with Crippen LogP contribution in [0.4, 0.5) is 4.79 Å². The van der Waals surface area contributed by atoms with Crippen LogP contribution in [0, 0.1) is 5.41 Å². The molecule has 0 bridgehead atoms. The number of morpholine rings is 1. The van der Waals surface area contributed by atoms with Crippen LogP contribution in [-0.2, 0) is 9.53 Å². The number of nitrogens with zero attached hydrogens (tertiary/aromatic N) is 1. The van der Waals surface area contributed by atoms with Crippen molar-refractivity contribution >= 4 is 12.0 Å². The smallest absolute Gasteiger partial charge is 0.318 e. The zero-order valence-electron chi connectivity index (χ0n) is 12.3. The van der Waals surface area contributed by atoms with Crippen molar-refractivity contribution in [1.29, 1.82) is 0 Å². The zero-order chi connectivity index (χ0) is 14.8. The number of urea groups is 1. The van der Waals surface area contributed by atoms with Crippen LogP contribution in [0.1, 0.15) is 39.5 Å². The summed E-state index contributed by atoms with van der Waals surface area (Å²) in [6.45, 7) is 5.70. The summed E-state index contributed by atoms with van der Waals surface area (Å²) in [7, 11) is 0. The molecule has 0 aromatic rings. The third-order valence-corrected chi connectivity index (χ3v) is 4.48. The standard InChI is InChI=1S/C14H24N2O4/c1-13(2)10-20-8-7-16(13)12(19)15-9-14(11(17)18)5-3-4-6-14/h3-10H2,1-2H3,(H,15,19)(H,17,18). The number of aliphatic carboxylic acids is 1. The fraction of sp³-hybridized carbons (Fsp3) is 0.857. The Bertz CT molecular complexity index is 389. The first-order valence-electron chi connectivity index (χ1n) is 7.24. The Kier molecular flexibility index (Phi) is 4.22. The summed E-state index contributed by atoms with van der Waals surface area (Å²) in [5, 5.41) is 12.2. The maximum absolute atomic E-state index is 12.3. The first kappa shape index (κ1) is 15.1. The van der Waals surface area contributed by atoms with Gasteiger partial charge in [0.1, 0.15) is 0 Å². The van der Waals surface area contributed by atoms with Crippen molar-refractivity contribution in [3.8, 4) is 0 Å². The van der Waals surface area contributed by atoms with Crippen molar-refractivity contribution < 1.29 is 19.4 Å². The predicted molar refractivity (Wildman–Crippen MR) is 73.5 cm³/mol. The maximum atomic E-state index is 12.3. The minimum Gasteiger partial charge on any atom is -0.481 e. The summed E-state index contributed by atoms with van der Waals surface area (Å²) in [5.41, 5.74) is -1.12. The van der Waals surface area contributed by atoms with Gasteiger partial charge in [0.25, 0.3) is 0 Å². The molecule has 1 aliphatic carbocycles. The summed E-state index contributed by atoms with van der Waals surface area (Å²) in [4.78, 5) is 25.5. The SMILES string of the molecule is CC1(C)COCCN1C(=O)NCC1(C(=O)O)CCCC1. The van der Waals surface area contributed by atoms with Gasteiger partial charge in [0.2, 0.25) is 0 Å². The summed E-state index contributed by atoms with van der Waals surface area (Å²) in [6, 6.07) is -0.189. The number of carbonyl (C=O) groups is 2. The van der Waals surface area contributed by atoms with E-state index in [-0.39, 0.29) is 18.1 Å². The average Bonchev–Trinajstić information content (AvgIpc) is 2.85. The maximum Gasteiger partial charge on any atom is 0.318 e. The number of carbonyl (C=O) groups excluding carboxylic acids is 1. The third kappa shape index (κ3) is 2.90. The molecule has 2 aliphatic rings. The molecule has 2 amide bonds. The fourth-order valence-corrected chi connectivity index (χ4v) is 3.09. The summed E-state index contributed by atoms with van der Waals surface area (Å²) in [5.74, 6) is -0.795. The van der Waals surface area contributed by atoms with Crippen LogP contribution in [0.5, 0.6) is 0 Å². The molecule has 0 spiro atoms. The second-order valence-corrected chi connectivity index (χ2v) is 6.47. The van der Waals surface area contributed by atoms with Crippen LogP contribution in [0.25, 0.3) is 0 Å². The first-order valence-corrected chi connectivity index (χ1v) is 7.24. The molecule has 0 aromatic heterocycles. The van der Waals surface area contributed by atoms with E-state index >= 15 is 0 Å². The van der Waals surface area contributed by atoms with Gasteiger partial charge >= 0.3 is 12.0 Å². The molecule has 1 aliphatic heterocycles. The monoisotopic (exact) mass is 284 g/mol. The average molecular weight is 284 g/mol. The molecule has 0 unspecified atom stereocenters. The van der Waals surface area contributed by atoms with E-state index in [4.69, 9.17) is 4.74 Å². The van der Waals surface area contributed by atoms with E-state index in [9.17, 15) is 14.7 Å². The highest BCUT2D eigenvalue weighted by atomic mass is 16.5. The van der Waals surface area contributed by atoms with Crippen LogP contribution >= 0.6 is 0 Å². The topological polar surface area (TPSA) is 78.9 Å². The van der Waals surface area contributed by atoms with E-state index in [0.29, 0.717) is 32.6 Å². The number of carboxylic acids is 1. The van der Waals surface area contributed by atoms with Crippen LogP contribution in [0.15, 0.2) is 0 Å². The van der Waals surface area contributed by atoms with Gasteiger partial charge in [-0.15, -0.1) is 0 Å². The highest BCUT2D eigenvalue weighted by Crippen LogP contribution is 2.37. The van der Waals surface area contributed by atoms with Crippen molar-refractivity contribution in [2.75, 3.05) is 26.3 Å². The van der Waals surface area contributed by atoms with E-state index < -0.39 is 11.4 Å². The van der Waals surface area contributed by atoms with Gasteiger partial charge in [0.05, 0.1) is 24.2 Å². The van der Waals surface area contributed by atoms with Crippen molar-refractivity contribution in [3.05, 3.63) is 0 Å². The van der Waals surface area contributed by atoms with Gasteiger partial charge in [0.15, 0.2) is 0 Å². The molecule has 6 nitrogen and oxygen atoms in total. The number of hydrogen-bond donors (Lipinski definition) is 2. The van der Waals surface area contributed by atoms with E-state index in [0.717, 1.165) is 12.8 Å². The van der Waals surface area contributed by atoms with Crippen LogP contribution in [0.3, 0.4) is 0 Å². The molecule has 0 aromatic carbocycles. The molecule has 2 rings (SSSR count). The van der Waals surface area contributed by atoms with Gasteiger partial charge in [-0.3, -0.25) is 4.79 Å². The summed E-state index contributed by atoms with van der Waals surface area (Å²) < 4.78 is 5.39. The molecule has 2 N–H and O–H groups in total. The highest BCUT2D eigenvalue weighted by molar-refractivity contribution is 5.79. The second-order valence-electron chi connectivity index (χ2n) is 6.47. The molecule has 6 heteroatoms. The van der Waals surface area contributed by atoms with Crippen molar-refractivity contribution in [2.24, 2.45) is 5.41 Å². The molecule has 20 heavy (non-hydrogen) atoms. The lowest BCUT2D eigenvalue weighted by Crippen LogP contribution is -2.59. The fourth-order valence-electron chi connectivity index (χ4n) is 3.09. The molecular formula is C14H24N2O4. The predicted octanol–water partition coefficient (Wildman–Crippen LogP) is 1.45.